The summed E-state index contributed by atoms with van der Waals surface area (Å²) in [5, 5.41) is 1.36. The van der Waals surface area contributed by atoms with Gasteiger partial charge in [-0.25, -0.2) is 0 Å². The second-order valence-corrected chi connectivity index (χ2v) is 11.0. The molecule has 3 heteroatoms. The Bertz CT molecular complexity index is 216. The van der Waals surface area contributed by atoms with E-state index in [-0.39, 0.29) is 5.04 Å². The number of hydrogen-bond donors (Lipinski definition) is 0. The largest absolute Gasteiger partial charge is 0.547 e. The van der Waals surface area contributed by atoms with E-state index < -0.39 is 8.32 Å². The van der Waals surface area contributed by atoms with Crippen molar-refractivity contribution in [3.05, 3.63) is 11.8 Å². The van der Waals surface area contributed by atoms with Crippen molar-refractivity contribution in [2.75, 3.05) is 5.33 Å². The normalized spacial score (nSPS) is 14.2. The van der Waals surface area contributed by atoms with E-state index >= 15 is 0 Å². The highest BCUT2D eigenvalue weighted by atomic mass is 79.9. The second-order valence-electron chi connectivity index (χ2n) is 5.51. The smallest absolute Gasteiger partial charge is 0.250 e. The molecule has 90 valence electrons. The van der Waals surface area contributed by atoms with Gasteiger partial charge in [0, 0.05) is 5.33 Å². The van der Waals surface area contributed by atoms with Crippen LogP contribution in [-0.2, 0) is 4.43 Å². The average molecular weight is 293 g/mol. The van der Waals surface area contributed by atoms with Gasteiger partial charge < -0.3 is 4.43 Å². The van der Waals surface area contributed by atoms with Crippen LogP contribution in [0.5, 0.6) is 0 Å². The zero-order chi connectivity index (χ0) is 12.1. The quantitative estimate of drug-likeness (QED) is 0.297. The van der Waals surface area contributed by atoms with Crippen LogP contribution < -0.4 is 0 Å². The van der Waals surface area contributed by atoms with Gasteiger partial charge in [0.2, 0.25) is 8.32 Å². The maximum atomic E-state index is 6.13. The molecule has 0 amide bonds. The van der Waals surface area contributed by atoms with Gasteiger partial charge >= 0.3 is 0 Å². The second kappa shape index (κ2) is 6.09. The number of unbranched alkanes of at least 4 members (excludes halogenated alkanes) is 1. The zero-order valence-corrected chi connectivity index (χ0v) is 13.6. The summed E-state index contributed by atoms with van der Waals surface area (Å²) in [6.07, 6.45) is 4.49. The van der Waals surface area contributed by atoms with Crippen LogP contribution in [0.2, 0.25) is 18.1 Å². The third-order valence-electron chi connectivity index (χ3n) is 2.99. The Morgan fingerprint density at radius 1 is 1.33 bits per heavy atom. The van der Waals surface area contributed by atoms with E-state index in [1.807, 2.05) is 0 Å². The summed E-state index contributed by atoms with van der Waals surface area (Å²) in [4.78, 5) is 0. The van der Waals surface area contributed by atoms with Crippen molar-refractivity contribution in [3.63, 3.8) is 0 Å². The van der Waals surface area contributed by atoms with Crippen molar-refractivity contribution < 1.29 is 4.43 Å². The Hall–Kier alpha value is 0.237. The highest BCUT2D eigenvalue weighted by Gasteiger charge is 2.38. The van der Waals surface area contributed by atoms with Gasteiger partial charge in [0.25, 0.3) is 0 Å². The van der Waals surface area contributed by atoms with Gasteiger partial charge in [-0.1, -0.05) is 36.7 Å². The standard InChI is InChI=1S/C12H25BrOSi/c1-11(9-7-8-10-13)14-15(5,6)12(2,3)4/h9H,7-8,10H2,1-6H3. The van der Waals surface area contributed by atoms with E-state index in [1.165, 1.54) is 6.42 Å². The lowest BCUT2D eigenvalue weighted by Gasteiger charge is -2.36. The fraction of sp³-hybridized carbons (Fsp3) is 0.833. The monoisotopic (exact) mass is 292 g/mol. The minimum atomic E-state index is -1.61. The summed E-state index contributed by atoms with van der Waals surface area (Å²) in [5.74, 6) is 1.10. The van der Waals surface area contributed by atoms with Crippen LogP contribution in [0.3, 0.4) is 0 Å². The van der Waals surface area contributed by atoms with Gasteiger partial charge in [0.15, 0.2) is 0 Å². The van der Waals surface area contributed by atoms with Crippen LogP contribution in [0.4, 0.5) is 0 Å². The molecule has 0 rings (SSSR count). The molecule has 0 fully saturated rings. The Labute approximate surface area is 105 Å². The highest BCUT2D eigenvalue weighted by molar-refractivity contribution is 9.09. The molecule has 0 saturated heterocycles. The molecule has 0 saturated carbocycles. The summed E-state index contributed by atoms with van der Waals surface area (Å²) < 4.78 is 6.13. The van der Waals surface area contributed by atoms with Crippen LogP contribution >= 0.6 is 15.9 Å². The molecule has 0 aliphatic heterocycles. The molecule has 0 aromatic rings. The molecule has 0 heterocycles. The third-order valence-corrected chi connectivity index (χ3v) is 8.00. The van der Waals surface area contributed by atoms with Crippen molar-refractivity contribution in [2.45, 2.75) is 58.7 Å². The molecule has 0 aromatic carbocycles. The first-order chi connectivity index (χ1) is 6.70. The predicted octanol–water partition coefficient (Wildman–Crippen LogP) is 5.09. The highest BCUT2D eigenvalue weighted by Crippen LogP contribution is 2.37. The number of hydrogen-bond acceptors (Lipinski definition) is 1. The van der Waals surface area contributed by atoms with Crippen LogP contribution in [0.1, 0.15) is 40.5 Å². The number of halogens is 1. The van der Waals surface area contributed by atoms with Gasteiger partial charge in [-0.05, 0) is 44.0 Å². The van der Waals surface area contributed by atoms with Gasteiger partial charge in [0.1, 0.15) is 0 Å². The summed E-state index contributed by atoms with van der Waals surface area (Å²) in [6.45, 7) is 13.5. The molecule has 0 N–H and O–H groups in total. The van der Waals surface area contributed by atoms with Gasteiger partial charge in [0.05, 0.1) is 5.76 Å². The predicted molar refractivity (Wildman–Crippen MR) is 75.1 cm³/mol. The number of alkyl halides is 1. The lowest BCUT2D eigenvalue weighted by Crippen LogP contribution is -2.40. The first-order valence-corrected chi connectivity index (χ1v) is 9.65. The average Bonchev–Trinajstić information content (AvgIpc) is 2.01. The van der Waals surface area contributed by atoms with E-state index in [0.29, 0.717) is 0 Å². The zero-order valence-electron chi connectivity index (χ0n) is 11.0. The van der Waals surface area contributed by atoms with Crippen LogP contribution in [0, 0.1) is 0 Å². The van der Waals surface area contributed by atoms with Crippen LogP contribution in [0.15, 0.2) is 11.8 Å². The van der Waals surface area contributed by atoms with Crippen molar-refractivity contribution in [1.82, 2.24) is 0 Å². The fourth-order valence-corrected chi connectivity index (χ4v) is 2.50. The number of rotatable bonds is 5. The SMILES string of the molecule is CC(=CCCCBr)O[Si](C)(C)C(C)(C)C. The molecule has 0 unspecified atom stereocenters. The molecule has 0 bridgehead atoms. The molecule has 1 nitrogen and oxygen atoms in total. The number of allylic oxidation sites excluding steroid dienone is 2. The minimum absolute atomic E-state index is 0.289. The van der Waals surface area contributed by atoms with Crippen molar-refractivity contribution in [2.24, 2.45) is 0 Å². The van der Waals surface area contributed by atoms with E-state index in [4.69, 9.17) is 4.43 Å². The molecule has 0 radical (unpaired) electrons. The lowest BCUT2D eigenvalue weighted by molar-refractivity contribution is 0.384. The fourth-order valence-electron chi connectivity index (χ4n) is 0.980. The first-order valence-electron chi connectivity index (χ1n) is 5.62. The maximum Gasteiger partial charge on any atom is 0.250 e. The lowest BCUT2D eigenvalue weighted by atomic mass is 10.2. The third kappa shape index (κ3) is 5.76. The van der Waals surface area contributed by atoms with E-state index in [0.717, 1.165) is 17.5 Å². The Morgan fingerprint density at radius 3 is 2.27 bits per heavy atom. The maximum absolute atomic E-state index is 6.13. The van der Waals surface area contributed by atoms with E-state index in [1.54, 1.807) is 0 Å². The molecule has 0 aliphatic rings. The van der Waals surface area contributed by atoms with Crippen LogP contribution in [0.25, 0.3) is 0 Å². The molecule has 15 heavy (non-hydrogen) atoms. The first kappa shape index (κ1) is 15.2. The Morgan fingerprint density at radius 2 is 1.87 bits per heavy atom. The van der Waals surface area contributed by atoms with Crippen molar-refractivity contribution >= 4 is 24.2 Å². The summed E-state index contributed by atoms with van der Waals surface area (Å²) in [5.41, 5.74) is 0. The topological polar surface area (TPSA) is 9.23 Å². The summed E-state index contributed by atoms with van der Waals surface area (Å²) in [7, 11) is -1.61. The van der Waals surface area contributed by atoms with Crippen molar-refractivity contribution in [3.8, 4) is 0 Å². The van der Waals surface area contributed by atoms with Gasteiger partial charge in [-0.15, -0.1) is 0 Å². The van der Waals surface area contributed by atoms with E-state index in [9.17, 15) is 0 Å². The Balaban J connectivity index is 4.27. The minimum Gasteiger partial charge on any atom is -0.547 e. The van der Waals surface area contributed by atoms with Crippen LogP contribution in [-0.4, -0.2) is 13.6 Å². The van der Waals surface area contributed by atoms with E-state index in [2.05, 4.69) is 62.8 Å². The molecule has 0 spiro atoms. The summed E-state index contributed by atoms with van der Waals surface area (Å²) >= 11 is 3.43. The Kier molecular flexibility index (Phi) is 6.19. The molecular formula is C12H25BrOSi. The van der Waals surface area contributed by atoms with Gasteiger partial charge in [-0.2, -0.15) is 0 Å². The molecule has 0 atom stereocenters. The van der Waals surface area contributed by atoms with Crippen molar-refractivity contribution in [1.29, 1.82) is 0 Å². The van der Waals surface area contributed by atoms with Gasteiger partial charge in [-0.3, -0.25) is 0 Å². The molecule has 0 aromatic heterocycles. The molecule has 0 aliphatic carbocycles. The molecular weight excluding hydrogens is 268 g/mol. The summed E-state index contributed by atoms with van der Waals surface area (Å²) in [6, 6.07) is 0.